The molecule has 0 aromatic heterocycles. The summed E-state index contributed by atoms with van der Waals surface area (Å²) in [6.07, 6.45) is 2.13. The number of carboxylic acid groups (broad SMARTS) is 1. The van der Waals surface area contributed by atoms with E-state index in [4.69, 9.17) is 10.2 Å². The summed E-state index contributed by atoms with van der Waals surface area (Å²) in [6.45, 7) is 0.991. The topological polar surface area (TPSA) is 81.6 Å². The summed E-state index contributed by atoms with van der Waals surface area (Å²) in [6, 6.07) is -0.204. The Bertz CT molecular complexity index is 225. The summed E-state index contributed by atoms with van der Waals surface area (Å²) >= 11 is 6.17. The summed E-state index contributed by atoms with van der Waals surface area (Å²) in [5.74, 6) is 0.738. The van der Waals surface area contributed by atoms with Crippen LogP contribution in [0.4, 0.5) is 0 Å². The van der Waals surface area contributed by atoms with Gasteiger partial charge in [0.1, 0.15) is 6.04 Å². The molecule has 0 spiro atoms. The fraction of sp³-hybridized carbons (Fsp3) is 0.778. The van der Waals surface area contributed by atoms with E-state index in [9.17, 15) is 4.79 Å². The average Bonchev–Trinajstić information content (AvgIpc) is 2.93. The molecule has 7 heteroatoms. The molecular formula is C9H16N2O3S2. The molecule has 0 aromatic carbocycles. The van der Waals surface area contributed by atoms with Crippen molar-refractivity contribution in [2.75, 3.05) is 18.2 Å². The first-order valence-corrected chi connectivity index (χ1v) is 6.67. The van der Waals surface area contributed by atoms with Gasteiger partial charge in [-0.2, -0.15) is 0 Å². The molecule has 0 radical (unpaired) electrons. The molecule has 2 heterocycles. The van der Waals surface area contributed by atoms with Gasteiger partial charge >= 0.3 is 5.97 Å². The maximum absolute atomic E-state index is 10.1. The van der Waals surface area contributed by atoms with E-state index in [0.29, 0.717) is 5.75 Å². The molecule has 0 bridgehead atoms. The van der Waals surface area contributed by atoms with Crippen molar-refractivity contribution >= 4 is 35.0 Å². The van der Waals surface area contributed by atoms with E-state index in [0.717, 1.165) is 25.3 Å². The number of hydrogen-bond acceptors (Lipinski definition) is 5. The molecule has 92 valence electrons. The highest BCUT2D eigenvalue weighted by atomic mass is 32.2. The Morgan fingerprint density at radius 1 is 1.31 bits per heavy atom. The van der Waals surface area contributed by atoms with Crippen LogP contribution in [0.5, 0.6) is 0 Å². The number of hydrogen-bond donors (Lipinski definition) is 4. The minimum Gasteiger partial charge on any atom is -0.501 e. The number of thioether (sulfide) groups is 1. The fourth-order valence-electron chi connectivity index (χ4n) is 1.45. The Morgan fingerprint density at radius 2 is 2.06 bits per heavy atom. The first kappa shape index (κ1) is 13.7. The van der Waals surface area contributed by atoms with Crippen LogP contribution >= 0.6 is 24.0 Å². The highest BCUT2D eigenvalue weighted by Gasteiger charge is 2.20. The Labute approximate surface area is 104 Å². The molecule has 0 aromatic rings. The molecule has 1 unspecified atom stereocenters. The van der Waals surface area contributed by atoms with Gasteiger partial charge < -0.3 is 15.5 Å². The van der Waals surface area contributed by atoms with E-state index in [-0.39, 0.29) is 17.1 Å². The fourth-order valence-corrected chi connectivity index (χ4v) is 2.58. The van der Waals surface area contributed by atoms with E-state index >= 15 is 0 Å². The molecule has 0 saturated carbocycles. The lowest BCUT2D eigenvalue weighted by Gasteiger charge is -2.03. The zero-order valence-electron chi connectivity index (χ0n) is 8.81. The highest BCUT2D eigenvalue weighted by molar-refractivity contribution is 7.99. The number of rotatable bonds is 2. The molecule has 2 aliphatic heterocycles. The molecule has 2 aliphatic rings. The summed E-state index contributed by atoms with van der Waals surface area (Å²) in [5, 5.41) is 23.1. The van der Waals surface area contributed by atoms with Gasteiger partial charge in [-0.3, -0.25) is 10.1 Å². The predicted molar refractivity (Wildman–Crippen MR) is 68.1 cm³/mol. The molecule has 0 amide bonds. The van der Waals surface area contributed by atoms with Crippen molar-refractivity contribution in [1.82, 2.24) is 10.6 Å². The summed E-state index contributed by atoms with van der Waals surface area (Å²) in [4.78, 5) is 10.1. The maximum atomic E-state index is 10.1. The maximum Gasteiger partial charge on any atom is 0.321 e. The second-order valence-corrected chi connectivity index (χ2v) is 5.05. The summed E-state index contributed by atoms with van der Waals surface area (Å²) in [5.41, 5.74) is 0. The third kappa shape index (κ3) is 4.65. The van der Waals surface area contributed by atoms with Crippen LogP contribution in [0, 0.1) is 0 Å². The molecule has 2 fully saturated rings. The van der Waals surface area contributed by atoms with Gasteiger partial charge in [0.05, 0.1) is 6.04 Å². The van der Waals surface area contributed by atoms with Crippen LogP contribution in [0.25, 0.3) is 0 Å². The van der Waals surface area contributed by atoms with Crippen molar-refractivity contribution in [1.29, 1.82) is 0 Å². The minimum absolute atomic E-state index is 0.102. The van der Waals surface area contributed by atoms with Gasteiger partial charge in [-0.1, -0.05) is 0 Å². The quantitative estimate of drug-likeness (QED) is 0.536. The highest BCUT2D eigenvalue weighted by Crippen LogP contribution is 2.08. The van der Waals surface area contributed by atoms with Crippen molar-refractivity contribution in [3.05, 3.63) is 0 Å². The summed E-state index contributed by atoms with van der Waals surface area (Å²) < 4.78 is 0. The molecule has 2 saturated heterocycles. The van der Waals surface area contributed by atoms with Gasteiger partial charge in [-0.15, -0.1) is 11.8 Å². The number of carbonyl (C=O) groups is 1. The predicted octanol–water partition coefficient (Wildman–Crippen LogP) is 0.357. The van der Waals surface area contributed by atoms with E-state index in [1.165, 1.54) is 0 Å². The van der Waals surface area contributed by atoms with Gasteiger partial charge in [-0.25, -0.2) is 0 Å². The lowest BCUT2D eigenvalue weighted by Crippen LogP contribution is -2.32. The monoisotopic (exact) mass is 264 g/mol. The van der Waals surface area contributed by atoms with Crippen LogP contribution in [0.3, 0.4) is 0 Å². The number of aliphatic hydroxyl groups is 1. The molecular weight excluding hydrogens is 248 g/mol. The Kier molecular flexibility index (Phi) is 6.04. The van der Waals surface area contributed by atoms with Gasteiger partial charge in [0.2, 0.25) is 0 Å². The number of nitrogens with one attached hydrogen (secondary N) is 2. The van der Waals surface area contributed by atoms with Crippen molar-refractivity contribution in [3.8, 4) is 0 Å². The molecule has 2 atom stereocenters. The zero-order valence-corrected chi connectivity index (χ0v) is 10.4. The lowest BCUT2D eigenvalue weighted by molar-refractivity contribution is -0.138. The number of aliphatic hydroxyl groups excluding tert-OH is 1. The molecule has 16 heavy (non-hydrogen) atoms. The van der Waals surface area contributed by atoms with E-state index in [1.54, 1.807) is 11.8 Å². The molecule has 0 aliphatic carbocycles. The molecule has 5 nitrogen and oxygen atoms in total. The molecule has 2 rings (SSSR count). The van der Waals surface area contributed by atoms with Gasteiger partial charge in [0, 0.05) is 11.6 Å². The van der Waals surface area contributed by atoms with Gasteiger partial charge in [-0.05, 0) is 31.6 Å². The van der Waals surface area contributed by atoms with E-state index in [2.05, 4.69) is 22.9 Å². The van der Waals surface area contributed by atoms with Crippen LogP contribution < -0.4 is 10.6 Å². The summed E-state index contributed by atoms with van der Waals surface area (Å²) in [7, 11) is 0. The van der Waals surface area contributed by atoms with Crippen molar-refractivity contribution < 1.29 is 15.0 Å². The Morgan fingerprint density at radius 3 is 2.31 bits per heavy atom. The zero-order chi connectivity index (χ0) is 12.0. The number of aliphatic carboxylic acids is 1. The first-order valence-electron chi connectivity index (χ1n) is 5.11. The van der Waals surface area contributed by atoms with E-state index < -0.39 is 5.97 Å². The minimum atomic E-state index is -0.741. The van der Waals surface area contributed by atoms with Crippen LogP contribution in [-0.4, -0.2) is 51.5 Å². The second kappa shape index (κ2) is 7.05. The van der Waals surface area contributed by atoms with Gasteiger partial charge in [0.15, 0.2) is 5.05 Å². The largest absolute Gasteiger partial charge is 0.501 e. The third-order valence-electron chi connectivity index (χ3n) is 2.37. The van der Waals surface area contributed by atoms with E-state index in [1.807, 2.05) is 0 Å². The number of carboxylic acids is 1. The standard InChI is InChI=1S/C5H9NOS.C4H7NO2S/c7-5(8)4-2-1-3-6-4;6-4(7)3-1-8-2-5-3/h4,6H,1-3H2,(H,7,8);3,5H,1-2H2,(H,6,7)/t4-;/m0./s1. The Hall–Kier alpha value is -0.370. The smallest absolute Gasteiger partial charge is 0.321 e. The second-order valence-electron chi connectivity index (χ2n) is 3.60. The molecule has 4 N–H and O–H groups in total. The van der Waals surface area contributed by atoms with Crippen LogP contribution in [0.2, 0.25) is 0 Å². The van der Waals surface area contributed by atoms with Crippen molar-refractivity contribution in [2.24, 2.45) is 0 Å². The SMILES string of the molecule is O=C(O)C1CSCN1.OC(=S)[C@@H]1CCCN1. The number of thiocarbonyl (C=S) groups is 1. The van der Waals surface area contributed by atoms with Crippen LogP contribution in [0.15, 0.2) is 0 Å². The average molecular weight is 264 g/mol. The van der Waals surface area contributed by atoms with Crippen molar-refractivity contribution in [2.45, 2.75) is 24.9 Å². The normalized spacial score (nSPS) is 28.2. The Balaban J connectivity index is 0.000000160. The third-order valence-corrected chi connectivity index (χ3v) is 3.60. The van der Waals surface area contributed by atoms with Crippen LogP contribution in [-0.2, 0) is 4.79 Å². The van der Waals surface area contributed by atoms with Crippen molar-refractivity contribution in [3.63, 3.8) is 0 Å². The first-order chi connectivity index (χ1) is 7.61. The van der Waals surface area contributed by atoms with Crippen LogP contribution in [0.1, 0.15) is 12.8 Å². The van der Waals surface area contributed by atoms with Gasteiger partial charge in [0.25, 0.3) is 0 Å². The lowest BCUT2D eigenvalue weighted by atomic mass is 10.2.